The van der Waals surface area contributed by atoms with Crippen molar-refractivity contribution in [1.82, 2.24) is 9.88 Å². The largest absolute Gasteiger partial charge is 0.444 e. The second-order valence-electron chi connectivity index (χ2n) is 8.98. The Kier molecular flexibility index (Phi) is 9.05. The average molecular weight is 441 g/mol. The molecule has 3 rings (SSSR count). The number of benzene rings is 1. The highest BCUT2D eigenvalue weighted by molar-refractivity contribution is 5.70. The van der Waals surface area contributed by atoms with Crippen LogP contribution in [0.2, 0.25) is 0 Å². The number of carbonyl (C=O) groups excluding carboxylic acids is 2. The van der Waals surface area contributed by atoms with Crippen LogP contribution in [0.4, 0.5) is 16.3 Å². The Labute approximate surface area is 191 Å². The molecule has 1 aromatic heterocycles. The number of anilines is 2. The molecule has 0 saturated carbocycles. The van der Waals surface area contributed by atoms with E-state index in [-0.39, 0.29) is 12.1 Å². The molecule has 1 unspecified atom stereocenters. The number of amides is 2. The number of nitrogens with one attached hydrogen (secondary N) is 1. The molecule has 0 radical (unpaired) electrons. The summed E-state index contributed by atoms with van der Waals surface area (Å²) >= 11 is 0. The maximum Gasteiger partial charge on any atom is 0.410 e. The normalized spacial score (nSPS) is 16.0. The number of rotatable bonds is 4. The highest BCUT2D eigenvalue weighted by Gasteiger charge is 2.29. The zero-order valence-electron chi connectivity index (χ0n) is 20.1. The molecule has 1 aromatic carbocycles. The van der Waals surface area contributed by atoms with E-state index in [0.29, 0.717) is 31.9 Å². The molecule has 1 N–H and O–H groups in total. The van der Waals surface area contributed by atoms with E-state index < -0.39 is 5.60 Å². The van der Waals surface area contributed by atoms with Crippen molar-refractivity contribution < 1.29 is 14.3 Å². The van der Waals surface area contributed by atoms with Crippen LogP contribution in [0.15, 0.2) is 42.6 Å². The third-order valence-electron chi connectivity index (χ3n) is 5.06. The van der Waals surface area contributed by atoms with Gasteiger partial charge in [0.25, 0.3) is 0 Å². The second kappa shape index (κ2) is 11.5. The molecule has 2 aromatic rings. The van der Waals surface area contributed by atoms with E-state index in [2.05, 4.69) is 60.2 Å². The van der Waals surface area contributed by atoms with E-state index in [1.807, 2.05) is 26.8 Å². The summed E-state index contributed by atoms with van der Waals surface area (Å²) in [6, 6.07) is 12.4. The van der Waals surface area contributed by atoms with Gasteiger partial charge in [0.05, 0.1) is 11.9 Å². The van der Waals surface area contributed by atoms with Crippen molar-refractivity contribution in [3.05, 3.63) is 53.7 Å². The van der Waals surface area contributed by atoms with Crippen LogP contribution < -0.4 is 10.2 Å². The molecule has 1 saturated heterocycles. The van der Waals surface area contributed by atoms with Gasteiger partial charge in [0.2, 0.25) is 6.41 Å². The predicted octanol–water partition coefficient (Wildman–Crippen LogP) is 4.65. The maximum absolute atomic E-state index is 12.2. The van der Waals surface area contributed by atoms with Gasteiger partial charge in [0, 0.05) is 25.7 Å². The van der Waals surface area contributed by atoms with Gasteiger partial charge in [-0.3, -0.25) is 4.79 Å². The number of aromatic nitrogens is 1. The predicted molar refractivity (Wildman–Crippen MR) is 129 cm³/mol. The van der Waals surface area contributed by atoms with Gasteiger partial charge in [-0.2, -0.15) is 0 Å². The van der Waals surface area contributed by atoms with Crippen LogP contribution in [0.5, 0.6) is 0 Å². The highest BCUT2D eigenvalue weighted by atomic mass is 16.6. The Morgan fingerprint density at radius 2 is 2.00 bits per heavy atom. The first-order valence-corrected chi connectivity index (χ1v) is 11.1. The van der Waals surface area contributed by atoms with Crippen molar-refractivity contribution in [2.75, 3.05) is 29.9 Å². The molecule has 7 heteroatoms. The minimum Gasteiger partial charge on any atom is -0.444 e. The van der Waals surface area contributed by atoms with Gasteiger partial charge in [0.1, 0.15) is 11.4 Å². The smallest absolute Gasteiger partial charge is 0.410 e. The van der Waals surface area contributed by atoms with Crippen LogP contribution in [0.1, 0.15) is 45.7 Å². The van der Waals surface area contributed by atoms with Crippen LogP contribution in [-0.2, 0) is 16.0 Å². The lowest BCUT2D eigenvalue weighted by atomic mass is 10.1. The Bertz CT molecular complexity index is 878. The molecule has 0 bridgehead atoms. The van der Waals surface area contributed by atoms with E-state index in [1.54, 1.807) is 17.2 Å². The fraction of sp³-hybridized carbons (Fsp3) is 0.480. The van der Waals surface area contributed by atoms with Crippen LogP contribution in [0.25, 0.3) is 0 Å². The van der Waals surface area contributed by atoms with Gasteiger partial charge >= 0.3 is 6.09 Å². The van der Waals surface area contributed by atoms with Crippen LogP contribution >= 0.6 is 0 Å². The van der Waals surface area contributed by atoms with Gasteiger partial charge in [0.15, 0.2) is 0 Å². The van der Waals surface area contributed by atoms with Gasteiger partial charge in [-0.15, -0.1) is 0 Å². The van der Waals surface area contributed by atoms with Crippen molar-refractivity contribution in [2.24, 2.45) is 0 Å². The molecule has 1 aliphatic rings. The van der Waals surface area contributed by atoms with Crippen LogP contribution in [0, 0.1) is 6.92 Å². The first kappa shape index (κ1) is 25.2. The van der Waals surface area contributed by atoms with Crippen molar-refractivity contribution in [1.29, 1.82) is 0 Å². The Balaban J connectivity index is 0.000000336. The molecule has 0 spiro atoms. The fourth-order valence-electron chi connectivity index (χ4n) is 3.47. The number of piperazine rings is 1. The number of pyridine rings is 1. The summed E-state index contributed by atoms with van der Waals surface area (Å²) in [5, 5.41) is 2.51. The zero-order chi connectivity index (χ0) is 23.7. The van der Waals surface area contributed by atoms with Crippen LogP contribution in [-0.4, -0.2) is 53.7 Å². The maximum atomic E-state index is 12.2. The van der Waals surface area contributed by atoms with Crippen molar-refractivity contribution in [2.45, 2.75) is 59.6 Å². The first-order valence-electron chi connectivity index (χ1n) is 11.1. The lowest BCUT2D eigenvalue weighted by Gasteiger charge is -2.41. The summed E-state index contributed by atoms with van der Waals surface area (Å²) in [6.07, 6.45) is 3.20. The van der Waals surface area contributed by atoms with E-state index in [9.17, 15) is 9.59 Å². The van der Waals surface area contributed by atoms with Gasteiger partial charge in [-0.25, -0.2) is 9.78 Å². The molecule has 1 fully saturated rings. The number of hydrogen-bond acceptors (Lipinski definition) is 5. The Hall–Kier alpha value is -3.09. The molecule has 2 amide bonds. The standard InChI is InChI=1S/C16H24N4O3.C9H12/c1-12-10-19(15(22)23-16(2,3)4)7-8-20(12)13-5-6-14(17-9-13)18-11-21;1-3-9-6-4-5-8(2)7-9/h5-6,9,11-12H,7-8,10H2,1-4H3,(H,17,18,21);4-7H,3H2,1-2H3. The van der Waals surface area contributed by atoms with Crippen molar-refractivity contribution >= 4 is 24.0 Å². The molecular weight excluding hydrogens is 404 g/mol. The molecule has 0 aliphatic carbocycles. The quantitative estimate of drug-likeness (QED) is 0.701. The van der Waals surface area contributed by atoms with E-state index in [4.69, 9.17) is 4.74 Å². The SMILES string of the molecule is CC1CN(C(=O)OC(C)(C)C)CCN1c1ccc(NC=O)nc1.CCc1cccc(C)c1. The summed E-state index contributed by atoms with van der Waals surface area (Å²) in [5.74, 6) is 0.517. The summed E-state index contributed by atoms with van der Waals surface area (Å²) in [6.45, 7) is 13.9. The average Bonchev–Trinajstić information content (AvgIpc) is 2.74. The number of hydrogen-bond donors (Lipinski definition) is 1. The highest BCUT2D eigenvalue weighted by Crippen LogP contribution is 2.22. The summed E-state index contributed by atoms with van der Waals surface area (Å²) in [4.78, 5) is 30.7. The minimum atomic E-state index is -0.483. The molecule has 2 heterocycles. The summed E-state index contributed by atoms with van der Waals surface area (Å²) < 4.78 is 5.42. The number of aryl methyl sites for hydroxylation is 2. The zero-order valence-corrected chi connectivity index (χ0v) is 20.1. The van der Waals surface area contributed by atoms with Gasteiger partial charge in [-0.05, 0) is 58.7 Å². The minimum absolute atomic E-state index is 0.156. The second-order valence-corrected chi connectivity index (χ2v) is 8.98. The number of ether oxygens (including phenoxy) is 1. The lowest BCUT2D eigenvalue weighted by molar-refractivity contribution is -0.105. The first-order chi connectivity index (χ1) is 15.1. The molecule has 7 nitrogen and oxygen atoms in total. The molecule has 1 atom stereocenters. The third kappa shape index (κ3) is 7.87. The van der Waals surface area contributed by atoms with Gasteiger partial charge < -0.3 is 19.9 Å². The topological polar surface area (TPSA) is 74.8 Å². The fourth-order valence-corrected chi connectivity index (χ4v) is 3.47. The summed E-state index contributed by atoms with van der Waals surface area (Å²) in [5.41, 5.74) is 3.27. The van der Waals surface area contributed by atoms with Crippen LogP contribution in [0.3, 0.4) is 0 Å². The van der Waals surface area contributed by atoms with E-state index >= 15 is 0 Å². The Morgan fingerprint density at radius 1 is 1.25 bits per heavy atom. The third-order valence-corrected chi connectivity index (χ3v) is 5.06. The molecular formula is C25H36N4O3. The van der Waals surface area contributed by atoms with E-state index in [0.717, 1.165) is 12.1 Å². The lowest BCUT2D eigenvalue weighted by Crippen LogP contribution is -2.54. The van der Waals surface area contributed by atoms with E-state index in [1.165, 1.54) is 11.1 Å². The van der Waals surface area contributed by atoms with Crippen molar-refractivity contribution in [3.63, 3.8) is 0 Å². The summed E-state index contributed by atoms with van der Waals surface area (Å²) in [7, 11) is 0. The number of carbonyl (C=O) groups is 2. The van der Waals surface area contributed by atoms with Crippen molar-refractivity contribution in [3.8, 4) is 0 Å². The Morgan fingerprint density at radius 3 is 2.50 bits per heavy atom. The molecule has 174 valence electrons. The monoisotopic (exact) mass is 440 g/mol. The number of nitrogens with zero attached hydrogens (tertiary/aromatic N) is 3. The molecule has 1 aliphatic heterocycles. The molecule has 32 heavy (non-hydrogen) atoms. The van der Waals surface area contributed by atoms with Gasteiger partial charge in [-0.1, -0.05) is 36.8 Å².